The summed E-state index contributed by atoms with van der Waals surface area (Å²) in [5, 5.41) is 38.0. The van der Waals surface area contributed by atoms with Gasteiger partial charge in [-0.05, 0) is 49.7 Å². The van der Waals surface area contributed by atoms with Gasteiger partial charge in [0.05, 0.1) is 6.04 Å². The van der Waals surface area contributed by atoms with Gasteiger partial charge in [0.1, 0.15) is 24.2 Å². The van der Waals surface area contributed by atoms with E-state index in [1.807, 2.05) is 24.3 Å². The first-order valence-electron chi connectivity index (χ1n) is 15.9. The zero-order chi connectivity index (χ0) is 37.5. The number of hydrogen-bond acceptors (Lipinski definition) is 9. The molecular formula is C32H45N7O11. The molecule has 0 aliphatic rings. The Morgan fingerprint density at radius 3 is 1.72 bits per heavy atom. The Kier molecular flexibility index (Phi) is 15.8. The van der Waals surface area contributed by atoms with E-state index in [9.17, 15) is 48.6 Å². The summed E-state index contributed by atoms with van der Waals surface area (Å²) >= 11 is 0. The number of nitrogens with two attached hydrogens (primary N) is 2. The lowest BCUT2D eigenvalue weighted by molar-refractivity contribution is -0.144. The lowest BCUT2D eigenvalue weighted by Crippen LogP contribution is -2.58. The van der Waals surface area contributed by atoms with Gasteiger partial charge in [0.15, 0.2) is 0 Å². The lowest BCUT2D eigenvalue weighted by atomic mass is 10.0. The summed E-state index contributed by atoms with van der Waals surface area (Å²) in [5.41, 5.74) is 13.0. The number of benzene rings is 1. The molecule has 18 heteroatoms. The highest BCUT2D eigenvalue weighted by Crippen LogP contribution is 2.19. The van der Waals surface area contributed by atoms with Crippen LogP contribution >= 0.6 is 0 Å². The van der Waals surface area contributed by atoms with Crippen molar-refractivity contribution in [1.29, 1.82) is 0 Å². The molecule has 2 aromatic rings. The van der Waals surface area contributed by atoms with Crippen LogP contribution in [-0.2, 0) is 44.8 Å². The Balaban J connectivity index is 2.23. The number of aromatic amines is 1. The molecule has 0 aliphatic heterocycles. The second-order valence-corrected chi connectivity index (χ2v) is 12.3. The molecule has 0 spiro atoms. The number of amides is 5. The number of rotatable bonds is 22. The third-order valence-corrected chi connectivity index (χ3v) is 7.65. The van der Waals surface area contributed by atoms with Gasteiger partial charge in [0.25, 0.3) is 0 Å². The minimum absolute atomic E-state index is 0.0117. The molecule has 0 saturated carbocycles. The summed E-state index contributed by atoms with van der Waals surface area (Å²) in [6.07, 6.45) is -0.845. The fourth-order valence-corrected chi connectivity index (χ4v) is 5.05. The first-order valence-corrected chi connectivity index (χ1v) is 15.9. The number of aromatic nitrogens is 1. The summed E-state index contributed by atoms with van der Waals surface area (Å²) in [7, 11) is 0. The van der Waals surface area contributed by atoms with Crippen molar-refractivity contribution < 1.29 is 53.7 Å². The molecule has 1 aromatic carbocycles. The average Bonchev–Trinajstić information content (AvgIpc) is 3.44. The minimum Gasteiger partial charge on any atom is -0.481 e. The number of para-hydroxylation sites is 1. The number of primary amides is 1. The molecule has 0 fully saturated rings. The predicted octanol–water partition coefficient (Wildman–Crippen LogP) is -0.897. The highest BCUT2D eigenvalue weighted by molar-refractivity contribution is 5.96. The normalized spacial score (nSPS) is 14.1. The topological polar surface area (TPSA) is 313 Å². The number of hydrogen-bond donors (Lipinski definition) is 10. The third-order valence-electron chi connectivity index (χ3n) is 7.65. The number of carboxylic acids is 3. The molecule has 5 atom stereocenters. The summed E-state index contributed by atoms with van der Waals surface area (Å²) in [5.74, 6) is -8.72. The fraction of sp³-hybridized carbons (Fsp3) is 0.500. The molecule has 18 nitrogen and oxygen atoms in total. The van der Waals surface area contributed by atoms with E-state index in [0.29, 0.717) is 0 Å². The number of aliphatic carboxylic acids is 3. The maximum Gasteiger partial charge on any atom is 0.326 e. The quantitative estimate of drug-likeness (QED) is 0.0714. The van der Waals surface area contributed by atoms with Crippen LogP contribution in [0.25, 0.3) is 10.9 Å². The Morgan fingerprint density at radius 2 is 1.18 bits per heavy atom. The van der Waals surface area contributed by atoms with Gasteiger partial charge in [-0.1, -0.05) is 32.0 Å². The number of carboxylic acid groups (broad SMARTS) is 3. The second kappa shape index (κ2) is 19.5. The standard InChI is InChI=1S/C32H45N7O11/c1-16(2)13-24(31(48)37-21(7-10-25(34)40)29(46)38-23(32(49)50)9-12-27(43)44)39-30(47)22(8-11-26(41)42)36-28(45)19(33)14-17-15-35-20-6-4-3-5-18(17)20/h3-6,15-16,19,21-24,35H,7-14,33H2,1-2H3,(H2,34,40)(H,36,45)(H,37,48)(H,38,46)(H,39,47)(H,41,42)(H,43,44)(H,49,50)/t19-,21-,22-,23-,24-/m0/s1. The van der Waals surface area contributed by atoms with Gasteiger partial charge < -0.3 is 53.0 Å². The lowest BCUT2D eigenvalue weighted by Gasteiger charge is -2.27. The van der Waals surface area contributed by atoms with Crippen molar-refractivity contribution in [2.75, 3.05) is 0 Å². The van der Waals surface area contributed by atoms with Gasteiger partial charge in [-0.25, -0.2) is 4.79 Å². The summed E-state index contributed by atoms with van der Waals surface area (Å²) in [4.78, 5) is 102. The van der Waals surface area contributed by atoms with Gasteiger partial charge in [-0.3, -0.25) is 33.6 Å². The summed E-state index contributed by atoms with van der Waals surface area (Å²) < 4.78 is 0. The molecule has 0 saturated heterocycles. The van der Waals surface area contributed by atoms with Gasteiger partial charge in [0, 0.05) is 36.4 Å². The zero-order valence-corrected chi connectivity index (χ0v) is 27.8. The van der Waals surface area contributed by atoms with Gasteiger partial charge in [-0.2, -0.15) is 0 Å². The van der Waals surface area contributed by atoms with E-state index in [1.165, 1.54) is 0 Å². The first-order chi connectivity index (χ1) is 23.5. The first kappa shape index (κ1) is 40.7. The van der Waals surface area contributed by atoms with Gasteiger partial charge in [0.2, 0.25) is 29.5 Å². The van der Waals surface area contributed by atoms with E-state index in [1.54, 1.807) is 20.0 Å². The molecule has 50 heavy (non-hydrogen) atoms. The molecule has 0 unspecified atom stereocenters. The van der Waals surface area contributed by atoms with Gasteiger partial charge >= 0.3 is 17.9 Å². The van der Waals surface area contributed by atoms with Crippen LogP contribution in [0.2, 0.25) is 0 Å². The highest BCUT2D eigenvalue weighted by atomic mass is 16.4. The molecule has 1 aromatic heterocycles. The van der Waals surface area contributed by atoms with Gasteiger partial charge in [-0.15, -0.1) is 0 Å². The molecule has 274 valence electrons. The zero-order valence-electron chi connectivity index (χ0n) is 27.8. The fourth-order valence-electron chi connectivity index (χ4n) is 5.05. The van der Waals surface area contributed by atoms with E-state index in [4.69, 9.17) is 16.6 Å². The van der Waals surface area contributed by atoms with Crippen molar-refractivity contribution in [3.8, 4) is 0 Å². The van der Waals surface area contributed by atoms with Crippen LogP contribution in [-0.4, -0.2) is 98.0 Å². The van der Waals surface area contributed by atoms with Crippen LogP contribution in [0, 0.1) is 5.92 Å². The highest BCUT2D eigenvalue weighted by Gasteiger charge is 2.33. The van der Waals surface area contributed by atoms with Crippen molar-refractivity contribution in [3.05, 3.63) is 36.0 Å². The summed E-state index contributed by atoms with van der Waals surface area (Å²) in [6.45, 7) is 3.47. The van der Waals surface area contributed by atoms with Crippen LogP contribution in [0.15, 0.2) is 30.5 Å². The monoisotopic (exact) mass is 703 g/mol. The largest absolute Gasteiger partial charge is 0.481 e. The maximum absolute atomic E-state index is 13.5. The Morgan fingerprint density at radius 1 is 0.700 bits per heavy atom. The van der Waals surface area contributed by atoms with Crippen molar-refractivity contribution in [3.63, 3.8) is 0 Å². The molecule has 5 amide bonds. The van der Waals surface area contributed by atoms with Crippen molar-refractivity contribution >= 4 is 58.3 Å². The summed E-state index contributed by atoms with van der Waals surface area (Å²) in [6, 6.07) is 0.332. The van der Waals surface area contributed by atoms with Crippen molar-refractivity contribution in [2.24, 2.45) is 17.4 Å². The van der Waals surface area contributed by atoms with Crippen molar-refractivity contribution in [2.45, 2.75) is 95.4 Å². The van der Waals surface area contributed by atoms with Crippen LogP contribution < -0.4 is 32.7 Å². The van der Waals surface area contributed by atoms with Crippen LogP contribution in [0.5, 0.6) is 0 Å². The molecule has 2 rings (SSSR count). The Hall–Kier alpha value is -5.52. The maximum atomic E-state index is 13.5. The predicted molar refractivity (Wildman–Crippen MR) is 177 cm³/mol. The molecule has 0 bridgehead atoms. The number of fused-ring (bicyclic) bond motifs is 1. The molecule has 1 heterocycles. The minimum atomic E-state index is -1.63. The molecule has 0 radical (unpaired) electrons. The number of carbonyl (C=O) groups excluding carboxylic acids is 5. The van der Waals surface area contributed by atoms with Crippen LogP contribution in [0.3, 0.4) is 0 Å². The van der Waals surface area contributed by atoms with Crippen LogP contribution in [0.4, 0.5) is 0 Å². The molecular weight excluding hydrogens is 658 g/mol. The Labute approximate surface area is 287 Å². The number of nitrogens with one attached hydrogen (secondary N) is 5. The van der Waals surface area contributed by atoms with E-state index in [2.05, 4.69) is 26.3 Å². The van der Waals surface area contributed by atoms with E-state index in [-0.39, 0.29) is 31.6 Å². The smallest absolute Gasteiger partial charge is 0.326 e. The molecule has 12 N–H and O–H groups in total. The second-order valence-electron chi connectivity index (χ2n) is 12.3. The average molecular weight is 704 g/mol. The number of carbonyl (C=O) groups is 8. The van der Waals surface area contributed by atoms with E-state index in [0.717, 1.165) is 16.5 Å². The Bertz CT molecular complexity index is 1560. The molecule has 0 aliphatic carbocycles. The van der Waals surface area contributed by atoms with Crippen LogP contribution in [0.1, 0.15) is 64.4 Å². The number of H-pyrrole nitrogens is 1. The van der Waals surface area contributed by atoms with Crippen molar-refractivity contribution in [1.82, 2.24) is 26.3 Å². The SMILES string of the molecule is CC(C)C[C@H](NC(=O)[C@H](CCC(=O)O)NC(=O)[C@@H](N)Cc1c[nH]c2ccccc12)C(=O)N[C@@H](CCC(N)=O)C(=O)N[C@@H](CCC(=O)O)C(=O)O. The van der Waals surface area contributed by atoms with E-state index >= 15 is 0 Å². The third kappa shape index (κ3) is 13.5. The van der Waals surface area contributed by atoms with E-state index < -0.39 is 103 Å².